The molecule has 6 heteroatoms. The number of halogens is 2. The lowest BCUT2D eigenvalue weighted by Crippen LogP contribution is -2.21. The van der Waals surface area contributed by atoms with E-state index < -0.39 is 0 Å². The van der Waals surface area contributed by atoms with Crippen LogP contribution in [0.4, 0.5) is 0 Å². The molecule has 0 spiro atoms. The molecule has 0 N–H and O–H groups in total. The number of thiophene rings is 1. The highest BCUT2D eigenvalue weighted by Crippen LogP contribution is 2.45. The first-order valence-corrected chi connectivity index (χ1v) is 14.5. The van der Waals surface area contributed by atoms with E-state index in [1.54, 1.807) is 0 Å². The van der Waals surface area contributed by atoms with Crippen molar-refractivity contribution in [1.29, 1.82) is 0 Å². The Bertz CT molecular complexity index is 899. The zero-order valence-electron chi connectivity index (χ0n) is 19.6. The first kappa shape index (κ1) is 25.9. The third-order valence-electron chi connectivity index (χ3n) is 6.82. The first-order chi connectivity index (χ1) is 15.4. The SMILES string of the molecule is CCCCC(CC)Cc1oc(CC(CC)CCCC)c2c1C(=O)c1c(Br)sc(Br)c1C2=O. The second-order valence-corrected chi connectivity index (χ2v) is 12.7. The smallest absolute Gasteiger partial charge is 0.200 e. The van der Waals surface area contributed by atoms with Crippen LogP contribution >= 0.6 is 43.2 Å². The molecule has 2 unspecified atom stereocenters. The van der Waals surface area contributed by atoms with Crippen LogP contribution in [0.25, 0.3) is 0 Å². The molecular formula is C26H34Br2O3S. The van der Waals surface area contributed by atoms with Crippen molar-refractivity contribution in [1.82, 2.24) is 0 Å². The van der Waals surface area contributed by atoms with Crippen LogP contribution in [0.2, 0.25) is 0 Å². The number of carbonyl (C=O) groups is 2. The number of furan rings is 1. The molecule has 1 aliphatic carbocycles. The molecule has 0 saturated carbocycles. The zero-order chi connectivity index (χ0) is 23.4. The molecule has 3 nitrogen and oxygen atoms in total. The fourth-order valence-electron chi connectivity index (χ4n) is 4.74. The zero-order valence-corrected chi connectivity index (χ0v) is 23.6. The Kier molecular flexibility index (Phi) is 9.40. The molecule has 0 radical (unpaired) electrons. The summed E-state index contributed by atoms with van der Waals surface area (Å²) in [4.78, 5) is 27.4. The quantitative estimate of drug-likeness (QED) is 0.213. The summed E-state index contributed by atoms with van der Waals surface area (Å²) >= 11 is 8.43. The maximum Gasteiger partial charge on any atom is 0.200 e. The number of unbranched alkanes of at least 4 members (excludes halogenated alkanes) is 2. The molecule has 2 heterocycles. The van der Waals surface area contributed by atoms with Gasteiger partial charge in [-0.15, -0.1) is 11.3 Å². The fraction of sp³-hybridized carbons (Fsp3) is 0.615. The molecule has 0 fully saturated rings. The van der Waals surface area contributed by atoms with Crippen LogP contribution in [-0.2, 0) is 12.8 Å². The Morgan fingerprint density at radius 2 is 1.12 bits per heavy atom. The van der Waals surface area contributed by atoms with Gasteiger partial charge in [0.15, 0.2) is 11.6 Å². The number of hydrogen-bond acceptors (Lipinski definition) is 4. The molecule has 0 amide bonds. The van der Waals surface area contributed by atoms with Crippen molar-refractivity contribution < 1.29 is 14.0 Å². The number of hydrogen-bond donors (Lipinski definition) is 0. The molecule has 0 bridgehead atoms. The largest absolute Gasteiger partial charge is 0.464 e. The molecule has 0 saturated heterocycles. The second kappa shape index (κ2) is 11.6. The van der Waals surface area contributed by atoms with E-state index in [1.165, 1.54) is 24.2 Å². The summed E-state index contributed by atoms with van der Waals surface area (Å²) < 4.78 is 7.87. The predicted molar refractivity (Wildman–Crippen MR) is 139 cm³/mol. The van der Waals surface area contributed by atoms with Crippen LogP contribution in [0.1, 0.15) is 122 Å². The van der Waals surface area contributed by atoms with Crippen LogP contribution < -0.4 is 0 Å². The average Bonchev–Trinajstić information content (AvgIpc) is 3.29. The number of ketones is 2. The van der Waals surface area contributed by atoms with E-state index in [-0.39, 0.29) is 11.6 Å². The second-order valence-electron chi connectivity index (χ2n) is 9.00. The minimum absolute atomic E-state index is 0.0691. The third-order valence-corrected chi connectivity index (χ3v) is 9.35. The minimum atomic E-state index is -0.0691. The molecule has 1 aliphatic rings. The van der Waals surface area contributed by atoms with E-state index >= 15 is 0 Å². The van der Waals surface area contributed by atoms with Gasteiger partial charge in [0.05, 0.1) is 29.8 Å². The third kappa shape index (κ3) is 5.17. The highest BCUT2D eigenvalue weighted by molar-refractivity contribution is 9.12. The minimum Gasteiger partial charge on any atom is -0.464 e. The van der Waals surface area contributed by atoms with Crippen LogP contribution in [0.3, 0.4) is 0 Å². The van der Waals surface area contributed by atoms with E-state index in [1.807, 2.05) is 0 Å². The summed E-state index contributed by atoms with van der Waals surface area (Å²) in [7, 11) is 0. The van der Waals surface area contributed by atoms with Gasteiger partial charge in [0.25, 0.3) is 0 Å². The molecular weight excluding hydrogens is 552 g/mol. The van der Waals surface area contributed by atoms with Gasteiger partial charge in [0.2, 0.25) is 0 Å². The summed E-state index contributed by atoms with van der Waals surface area (Å²) in [6.45, 7) is 8.81. The highest BCUT2D eigenvalue weighted by Gasteiger charge is 2.41. The average molecular weight is 586 g/mol. The van der Waals surface area contributed by atoms with Gasteiger partial charge >= 0.3 is 0 Å². The van der Waals surface area contributed by atoms with Crippen molar-refractivity contribution in [2.24, 2.45) is 11.8 Å². The van der Waals surface area contributed by atoms with Crippen molar-refractivity contribution in [2.75, 3.05) is 0 Å². The van der Waals surface area contributed by atoms with E-state index in [4.69, 9.17) is 4.42 Å². The van der Waals surface area contributed by atoms with Gasteiger partial charge in [-0.05, 0) is 43.7 Å². The highest BCUT2D eigenvalue weighted by atomic mass is 79.9. The number of fused-ring (bicyclic) bond motifs is 2. The van der Waals surface area contributed by atoms with Crippen molar-refractivity contribution >= 4 is 54.8 Å². The Labute approximate surface area is 213 Å². The fourth-order valence-corrected chi connectivity index (χ4v) is 7.87. The Balaban J connectivity index is 2.07. The monoisotopic (exact) mass is 584 g/mol. The summed E-state index contributed by atoms with van der Waals surface area (Å²) in [5.74, 6) is 2.23. The first-order valence-electron chi connectivity index (χ1n) is 12.1. The Hall–Kier alpha value is -0.720. The Morgan fingerprint density at radius 3 is 1.47 bits per heavy atom. The van der Waals surface area contributed by atoms with Gasteiger partial charge < -0.3 is 4.42 Å². The summed E-state index contributed by atoms with van der Waals surface area (Å²) in [6.07, 6.45) is 10.4. The summed E-state index contributed by atoms with van der Waals surface area (Å²) in [5, 5.41) is 0. The van der Waals surface area contributed by atoms with Crippen molar-refractivity contribution in [2.45, 2.75) is 91.9 Å². The van der Waals surface area contributed by atoms with E-state index in [2.05, 4.69) is 59.6 Å². The predicted octanol–water partition coefficient (Wildman–Crippen LogP) is 9.16. The van der Waals surface area contributed by atoms with Gasteiger partial charge in [-0.25, -0.2) is 0 Å². The van der Waals surface area contributed by atoms with E-state index in [0.717, 1.165) is 62.9 Å². The van der Waals surface area contributed by atoms with Gasteiger partial charge in [-0.3, -0.25) is 9.59 Å². The van der Waals surface area contributed by atoms with Crippen LogP contribution in [0.15, 0.2) is 12.0 Å². The lowest BCUT2D eigenvalue weighted by Gasteiger charge is -2.16. The van der Waals surface area contributed by atoms with Crippen molar-refractivity contribution in [3.05, 3.63) is 41.3 Å². The summed E-state index contributed by atoms with van der Waals surface area (Å²) in [5.41, 5.74) is 2.05. The van der Waals surface area contributed by atoms with Crippen LogP contribution in [0.5, 0.6) is 0 Å². The van der Waals surface area contributed by atoms with Crippen LogP contribution in [0, 0.1) is 11.8 Å². The maximum absolute atomic E-state index is 13.7. The lowest BCUT2D eigenvalue weighted by molar-refractivity contribution is 0.0978. The number of rotatable bonds is 12. The standard InChI is InChI=1S/C26H34Br2O3S/c1-5-9-11-15(7-3)13-17-19-20(18(31-17)14-16(8-4)12-10-6-2)24(30)22-21(23(19)29)25(27)32-26(22)28/h15-16H,5-14H2,1-4H3. The van der Waals surface area contributed by atoms with E-state index in [0.29, 0.717) is 41.7 Å². The van der Waals surface area contributed by atoms with Gasteiger partial charge in [0.1, 0.15) is 11.5 Å². The van der Waals surface area contributed by atoms with Gasteiger partial charge in [-0.1, -0.05) is 79.1 Å². The maximum atomic E-state index is 13.7. The van der Waals surface area contributed by atoms with Crippen molar-refractivity contribution in [3.8, 4) is 0 Å². The van der Waals surface area contributed by atoms with Gasteiger partial charge in [0, 0.05) is 12.8 Å². The molecule has 2 aromatic heterocycles. The van der Waals surface area contributed by atoms with Crippen LogP contribution in [-0.4, -0.2) is 11.6 Å². The van der Waals surface area contributed by atoms with Crippen molar-refractivity contribution in [3.63, 3.8) is 0 Å². The molecule has 0 aliphatic heterocycles. The molecule has 32 heavy (non-hydrogen) atoms. The molecule has 3 rings (SSSR count). The topological polar surface area (TPSA) is 47.3 Å². The van der Waals surface area contributed by atoms with Gasteiger partial charge in [-0.2, -0.15) is 0 Å². The molecule has 0 aromatic carbocycles. The molecule has 2 aromatic rings. The lowest BCUT2D eigenvalue weighted by atomic mass is 9.83. The Morgan fingerprint density at radius 1 is 0.719 bits per heavy atom. The summed E-state index contributed by atoms with van der Waals surface area (Å²) in [6, 6.07) is 0. The molecule has 176 valence electrons. The number of carbonyl (C=O) groups excluding carboxylic acids is 2. The molecule has 2 atom stereocenters. The normalized spacial score (nSPS) is 15.1. The van der Waals surface area contributed by atoms with E-state index in [9.17, 15) is 9.59 Å².